The summed E-state index contributed by atoms with van der Waals surface area (Å²) < 4.78 is 1.73. The van der Waals surface area contributed by atoms with Gasteiger partial charge in [-0.05, 0) is 27.7 Å². The highest BCUT2D eigenvalue weighted by molar-refractivity contribution is 9.09. The molecule has 1 rings (SSSR count). The van der Waals surface area contributed by atoms with Crippen LogP contribution in [0.2, 0.25) is 0 Å². The lowest BCUT2D eigenvalue weighted by molar-refractivity contribution is 0.0912. The third kappa shape index (κ3) is 2.89. The lowest BCUT2D eigenvalue weighted by Crippen LogP contribution is -2.49. The molecule has 0 spiro atoms. The van der Waals surface area contributed by atoms with Crippen LogP contribution >= 0.6 is 15.9 Å². The van der Waals surface area contributed by atoms with Crippen molar-refractivity contribution < 1.29 is 4.79 Å². The van der Waals surface area contributed by atoms with Crippen LogP contribution in [-0.2, 0) is 7.05 Å². The number of nitrogens with zero attached hydrogens (tertiary/aromatic N) is 2. The topological polar surface area (TPSA) is 46.9 Å². The number of amides is 1. The van der Waals surface area contributed by atoms with E-state index in [1.807, 2.05) is 41.7 Å². The number of hydrogen-bond acceptors (Lipinski definition) is 2. The fourth-order valence-corrected chi connectivity index (χ4v) is 1.67. The molecule has 0 radical (unpaired) electrons. The molecule has 0 aromatic carbocycles. The molecule has 0 fully saturated rings. The van der Waals surface area contributed by atoms with Gasteiger partial charge in [0, 0.05) is 23.1 Å². The van der Waals surface area contributed by atoms with Crippen LogP contribution in [0.1, 0.15) is 42.5 Å². The number of hydrogen-bond donors (Lipinski definition) is 1. The van der Waals surface area contributed by atoms with Gasteiger partial charge in [-0.1, -0.05) is 22.9 Å². The van der Waals surface area contributed by atoms with Crippen molar-refractivity contribution in [3.63, 3.8) is 0 Å². The highest BCUT2D eigenvalue weighted by atomic mass is 79.9. The molecule has 1 unspecified atom stereocenters. The van der Waals surface area contributed by atoms with Gasteiger partial charge in [0.2, 0.25) is 0 Å². The number of aromatic nitrogens is 2. The molecule has 96 valence electrons. The summed E-state index contributed by atoms with van der Waals surface area (Å²) in [6.07, 6.45) is 0. The van der Waals surface area contributed by atoms with Crippen LogP contribution in [-0.4, -0.2) is 26.1 Å². The summed E-state index contributed by atoms with van der Waals surface area (Å²) in [5, 5.41) is 7.28. The Kier molecular flexibility index (Phi) is 4.02. The van der Waals surface area contributed by atoms with Crippen LogP contribution in [0, 0.1) is 13.8 Å². The summed E-state index contributed by atoms with van der Waals surface area (Å²) in [7, 11) is 1.84. The van der Waals surface area contributed by atoms with Crippen molar-refractivity contribution in [2.45, 2.75) is 45.0 Å². The number of carbonyl (C=O) groups excluding carboxylic acids is 1. The zero-order valence-electron chi connectivity index (χ0n) is 11.3. The number of carbonyl (C=O) groups is 1. The van der Waals surface area contributed by atoms with Gasteiger partial charge >= 0.3 is 0 Å². The van der Waals surface area contributed by atoms with E-state index in [2.05, 4.69) is 26.3 Å². The van der Waals surface area contributed by atoms with Gasteiger partial charge in [0.1, 0.15) is 0 Å². The first kappa shape index (κ1) is 14.2. The van der Waals surface area contributed by atoms with E-state index in [9.17, 15) is 4.79 Å². The molecule has 4 nitrogen and oxygen atoms in total. The molecule has 1 aromatic rings. The Hall–Kier alpha value is -0.840. The lowest BCUT2D eigenvalue weighted by atomic mass is 10.0. The zero-order valence-corrected chi connectivity index (χ0v) is 12.8. The van der Waals surface area contributed by atoms with Gasteiger partial charge in [-0.15, -0.1) is 0 Å². The molecule has 1 amide bonds. The molecule has 0 aliphatic carbocycles. The van der Waals surface area contributed by atoms with E-state index in [4.69, 9.17) is 0 Å². The third-order valence-corrected chi connectivity index (χ3v) is 4.31. The lowest BCUT2D eigenvalue weighted by Gasteiger charge is -2.29. The molecule has 5 heteroatoms. The quantitative estimate of drug-likeness (QED) is 0.871. The van der Waals surface area contributed by atoms with Crippen molar-refractivity contribution in [1.82, 2.24) is 15.1 Å². The van der Waals surface area contributed by atoms with Crippen LogP contribution in [0.5, 0.6) is 0 Å². The molecule has 1 N–H and O–H groups in total. The molecule has 0 saturated carbocycles. The maximum absolute atomic E-state index is 12.2. The molecule has 17 heavy (non-hydrogen) atoms. The van der Waals surface area contributed by atoms with Crippen LogP contribution in [0.15, 0.2) is 0 Å². The second kappa shape index (κ2) is 4.80. The number of halogens is 1. The predicted molar refractivity (Wildman–Crippen MR) is 72.6 cm³/mol. The number of rotatable bonds is 3. The second-order valence-electron chi connectivity index (χ2n) is 4.96. The molecule has 0 aliphatic rings. The van der Waals surface area contributed by atoms with E-state index in [1.165, 1.54) is 0 Å². The standard InChI is InChI=1S/C12H20BrN3O/c1-7-10(8(2)16(6)15-7)11(17)14-12(4,5)9(3)13/h9H,1-6H3,(H,14,17). The molecular formula is C12H20BrN3O. The first-order chi connectivity index (χ1) is 7.66. The largest absolute Gasteiger partial charge is 0.346 e. The molecule has 0 aliphatic heterocycles. The summed E-state index contributed by atoms with van der Waals surface area (Å²) in [6.45, 7) is 9.76. The molecule has 0 bridgehead atoms. The summed E-state index contributed by atoms with van der Waals surface area (Å²) in [5.74, 6) is -0.0654. The molecule has 1 atom stereocenters. The van der Waals surface area contributed by atoms with Crippen molar-refractivity contribution >= 4 is 21.8 Å². The minimum Gasteiger partial charge on any atom is -0.346 e. The maximum atomic E-state index is 12.2. The van der Waals surface area contributed by atoms with Crippen molar-refractivity contribution in [2.75, 3.05) is 0 Å². The number of alkyl halides is 1. The van der Waals surface area contributed by atoms with E-state index in [0.717, 1.165) is 11.4 Å². The fourth-order valence-electron chi connectivity index (χ4n) is 1.56. The first-order valence-corrected chi connectivity index (χ1v) is 6.55. The van der Waals surface area contributed by atoms with E-state index < -0.39 is 0 Å². The molecule has 1 aromatic heterocycles. The molecular weight excluding hydrogens is 282 g/mol. The van der Waals surface area contributed by atoms with Crippen LogP contribution in [0.3, 0.4) is 0 Å². The van der Waals surface area contributed by atoms with Gasteiger partial charge in [-0.25, -0.2) is 0 Å². The Bertz CT molecular complexity index is 435. The Labute approximate surface area is 111 Å². The average Bonchev–Trinajstić information content (AvgIpc) is 2.39. The first-order valence-electron chi connectivity index (χ1n) is 5.63. The molecule has 1 heterocycles. The van der Waals surface area contributed by atoms with Gasteiger partial charge in [0.15, 0.2) is 0 Å². The van der Waals surface area contributed by atoms with Crippen molar-refractivity contribution in [3.05, 3.63) is 17.0 Å². The third-order valence-electron chi connectivity index (χ3n) is 3.17. The van der Waals surface area contributed by atoms with E-state index in [1.54, 1.807) is 4.68 Å². The number of nitrogens with one attached hydrogen (secondary N) is 1. The van der Waals surface area contributed by atoms with Crippen molar-refractivity contribution in [2.24, 2.45) is 7.05 Å². The Morgan fingerprint density at radius 2 is 2.00 bits per heavy atom. The summed E-state index contributed by atoms with van der Waals surface area (Å²) in [4.78, 5) is 12.4. The fraction of sp³-hybridized carbons (Fsp3) is 0.667. The SMILES string of the molecule is Cc1nn(C)c(C)c1C(=O)NC(C)(C)C(C)Br. The van der Waals surface area contributed by atoms with Crippen LogP contribution in [0.25, 0.3) is 0 Å². The smallest absolute Gasteiger partial charge is 0.255 e. The van der Waals surface area contributed by atoms with Gasteiger partial charge in [0.25, 0.3) is 5.91 Å². The summed E-state index contributed by atoms with van der Waals surface area (Å²) in [6, 6.07) is 0. The van der Waals surface area contributed by atoms with Gasteiger partial charge in [0.05, 0.1) is 11.3 Å². The van der Waals surface area contributed by atoms with Crippen LogP contribution < -0.4 is 5.32 Å². The van der Waals surface area contributed by atoms with Gasteiger partial charge in [-0.3, -0.25) is 9.48 Å². The Morgan fingerprint density at radius 3 is 2.35 bits per heavy atom. The van der Waals surface area contributed by atoms with Crippen molar-refractivity contribution in [1.29, 1.82) is 0 Å². The van der Waals surface area contributed by atoms with Crippen LogP contribution in [0.4, 0.5) is 0 Å². The summed E-state index contributed by atoms with van der Waals surface area (Å²) >= 11 is 3.50. The van der Waals surface area contributed by atoms with Gasteiger partial charge in [-0.2, -0.15) is 5.10 Å². The van der Waals surface area contributed by atoms with E-state index in [-0.39, 0.29) is 16.3 Å². The minimum absolute atomic E-state index is 0.0654. The Morgan fingerprint density at radius 1 is 1.47 bits per heavy atom. The highest BCUT2D eigenvalue weighted by Crippen LogP contribution is 2.19. The van der Waals surface area contributed by atoms with Gasteiger partial charge < -0.3 is 5.32 Å². The predicted octanol–water partition coefficient (Wildman–Crippen LogP) is 2.33. The second-order valence-corrected chi connectivity index (χ2v) is 6.33. The van der Waals surface area contributed by atoms with E-state index >= 15 is 0 Å². The maximum Gasteiger partial charge on any atom is 0.255 e. The average molecular weight is 302 g/mol. The normalized spacial score (nSPS) is 13.6. The Balaban J connectivity index is 2.99. The number of aryl methyl sites for hydroxylation is 2. The monoisotopic (exact) mass is 301 g/mol. The highest BCUT2D eigenvalue weighted by Gasteiger charge is 2.28. The summed E-state index contributed by atoms with van der Waals surface area (Å²) in [5.41, 5.74) is 2.03. The minimum atomic E-state index is -0.300. The zero-order chi connectivity index (χ0) is 13.4. The van der Waals surface area contributed by atoms with Crippen molar-refractivity contribution in [3.8, 4) is 0 Å². The molecule has 0 saturated heterocycles. The van der Waals surface area contributed by atoms with E-state index in [0.29, 0.717) is 5.56 Å².